The number of hydrogen-bond acceptors (Lipinski definition) is 6. The van der Waals surface area contributed by atoms with Crippen molar-refractivity contribution in [2.75, 3.05) is 0 Å². The molecular formula is C11H7NO4S2. The molecule has 1 aromatic heterocycles. The summed E-state index contributed by atoms with van der Waals surface area (Å²) in [6, 6.07) is 7.32. The van der Waals surface area contributed by atoms with Gasteiger partial charge in [-0.3, -0.25) is 10.1 Å². The number of thiol groups is 1. The number of ether oxygens (including phenoxy) is 1. The summed E-state index contributed by atoms with van der Waals surface area (Å²) in [4.78, 5) is 22.5. The van der Waals surface area contributed by atoms with Crippen molar-refractivity contribution in [2.45, 2.75) is 4.90 Å². The Bertz CT molecular complexity index is 595. The molecule has 2 rings (SSSR count). The maximum Gasteiger partial charge on any atom is 0.351 e. The third-order valence-corrected chi connectivity index (χ3v) is 3.11. The summed E-state index contributed by atoms with van der Waals surface area (Å²) in [7, 11) is 0. The third kappa shape index (κ3) is 2.69. The van der Waals surface area contributed by atoms with E-state index < -0.39 is 10.9 Å². The van der Waals surface area contributed by atoms with E-state index in [2.05, 4.69) is 12.6 Å². The van der Waals surface area contributed by atoms with Crippen LogP contribution in [-0.4, -0.2) is 10.9 Å². The highest BCUT2D eigenvalue weighted by Crippen LogP contribution is 2.25. The molecule has 0 spiro atoms. The molecule has 0 aliphatic rings. The van der Waals surface area contributed by atoms with Gasteiger partial charge in [-0.05, 0) is 29.6 Å². The van der Waals surface area contributed by atoms with Gasteiger partial charge < -0.3 is 4.74 Å². The molecule has 1 aromatic carbocycles. The van der Waals surface area contributed by atoms with Crippen molar-refractivity contribution in [3.63, 3.8) is 0 Å². The molecule has 0 amide bonds. The topological polar surface area (TPSA) is 69.4 Å². The fraction of sp³-hybridized carbons (Fsp3) is 0. The smallest absolute Gasteiger partial charge is 0.351 e. The normalized spacial score (nSPS) is 10.1. The molecule has 2 aromatic rings. The fourth-order valence-electron chi connectivity index (χ4n) is 1.31. The van der Waals surface area contributed by atoms with E-state index >= 15 is 0 Å². The van der Waals surface area contributed by atoms with Crippen LogP contribution >= 0.6 is 24.0 Å². The van der Waals surface area contributed by atoms with Gasteiger partial charge in [0.05, 0.1) is 4.92 Å². The molecule has 0 atom stereocenters. The Morgan fingerprint density at radius 3 is 2.78 bits per heavy atom. The first-order valence-electron chi connectivity index (χ1n) is 4.81. The highest BCUT2D eigenvalue weighted by Gasteiger charge is 2.22. The number of carbonyl (C=O) groups excluding carboxylic acids is 1. The van der Waals surface area contributed by atoms with E-state index in [0.29, 0.717) is 9.96 Å². The van der Waals surface area contributed by atoms with E-state index in [0.717, 1.165) is 0 Å². The molecule has 7 heteroatoms. The van der Waals surface area contributed by atoms with Crippen LogP contribution in [0.1, 0.15) is 10.4 Å². The van der Waals surface area contributed by atoms with Crippen LogP contribution in [0.25, 0.3) is 0 Å². The zero-order valence-electron chi connectivity index (χ0n) is 8.90. The zero-order valence-corrected chi connectivity index (χ0v) is 10.6. The van der Waals surface area contributed by atoms with Gasteiger partial charge in [0.15, 0.2) is 5.06 Å². The third-order valence-electron chi connectivity index (χ3n) is 2.09. The molecule has 0 unspecified atom stereocenters. The van der Waals surface area contributed by atoms with Gasteiger partial charge in [-0.1, -0.05) is 0 Å². The zero-order chi connectivity index (χ0) is 13.1. The van der Waals surface area contributed by atoms with Gasteiger partial charge >= 0.3 is 5.97 Å². The molecule has 92 valence electrons. The van der Waals surface area contributed by atoms with Gasteiger partial charge in [0.25, 0.3) is 5.69 Å². The molecular weight excluding hydrogens is 274 g/mol. The molecule has 0 bridgehead atoms. The highest BCUT2D eigenvalue weighted by atomic mass is 32.1. The van der Waals surface area contributed by atoms with Crippen LogP contribution in [-0.2, 0) is 0 Å². The Kier molecular flexibility index (Phi) is 3.63. The van der Waals surface area contributed by atoms with E-state index in [1.165, 1.54) is 29.5 Å². The molecule has 0 saturated heterocycles. The first-order chi connectivity index (χ1) is 8.58. The van der Waals surface area contributed by atoms with Crippen LogP contribution in [0.2, 0.25) is 0 Å². The molecule has 0 saturated carbocycles. The van der Waals surface area contributed by atoms with Crippen molar-refractivity contribution >= 4 is 35.6 Å². The average molecular weight is 281 g/mol. The van der Waals surface area contributed by atoms with Crippen molar-refractivity contribution in [3.8, 4) is 5.06 Å². The molecule has 5 nitrogen and oxygen atoms in total. The van der Waals surface area contributed by atoms with Crippen LogP contribution in [0.15, 0.2) is 40.6 Å². The van der Waals surface area contributed by atoms with Gasteiger partial charge in [-0.15, -0.1) is 24.0 Å². The minimum Gasteiger partial charge on any atom is -0.412 e. The van der Waals surface area contributed by atoms with Gasteiger partial charge in [-0.25, -0.2) is 4.79 Å². The van der Waals surface area contributed by atoms with E-state index in [-0.39, 0.29) is 11.3 Å². The Hall–Kier alpha value is -1.86. The van der Waals surface area contributed by atoms with Gasteiger partial charge in [0.1, 0.15) is 5.56 Å². The number of nitrogens with zero attached hydrogens (tertiary/aromatic N) is 1. The minimum absolute atomic E-state index is 0.110. The lowest BCUT2D eigenvalue weighted by Crippen LogP contribution is -2.10. The molecule has 1 heterocycles. The van der Waals surface area contributed by atoms with Gasteiger partial charge in [0.2, 0.25) is 0 Å². The minimum atomic E-state index is -0.764. The summed E-state index contributed by atoms with van der Waals surface area (Å²) in [6.07, 6.45) is 0. The maximum atomic E-state index is 11.8. The molecule has 18 heavy (non-hydrogen) atoms. The largest absolute Gasteiger partial charge is 0.412 e. The highest BCUT2D eigenvalue weighted by molar-refractivity contribution is 7.80. The SMILES string of the molecule is O=C(Oc1cccs1)c1cc(S)ccc1[N+](=O)[O-]. The van der Waals surface area contributed by atoms with Crippen molar-refractivity contribution in [1.29, 1.82) is 0 Å². The summed E-state index contributed by atoms with van der Waals surface area (Å²) in [5.74, 6) is -0.764. The van der Waals surface area contributed by atoms with Crippen LogP contribution in [0.5, 0.6) is 5.06 Å². The molecule has 0 aliphatic carbocycles. The predicted molar refractivity (Wildman–Crippen MR) is 69.6 cm³/mol. The Balaban J connectivity index is 2.34. The van der Waals surface area contributed by atoms with Crippen LogP contribution in [0, 0.1) is 10.1 Å². The van der Waals surface area contributed by atoms with E-state index in [9.17, 15) is 14.9 Å². The number of nitro groups is 1. The second-order valence-electron chi connectivity index (χ2n) is 3.28. The number of rotatable bonds is 3. The lowest BCUT2D eigenvalue weighted by Gasteiger charge is -2.03. The van der Waals surface area contributed by atoms with Crippen LogP contribution in [0.4, 0.5) is 5.69 Å². The lowest BCUT2D eigenvalue weighted by molar-refractivity contribution is -0.385. The van der Waals surface area contributed by atoms with E-state index in [1.54, 1.807) is 17.5 Å². The maximum absolute atomic E-state index is 11.8. The standard InChI is InChI=1S/C11H7NO4S2/c13-11(16-10-2-1-5-18-10)8-6-7(17)3-4-9(8)12(14)15/h1-6,17H. The van der Waals surface area contributed by atoms with Crippen molar-refractivity contribution in [1.82, 2.24) is 0 Å². The Morgan fingerprint density at radius 1 is 1.39 bits per heavy atom. The number of benzene rings is 1. The van der Waals surface area contributed by atoms with Crippen LogP contribution < -0.4 is 4.74 Å². The van der Waals surface area contributed by atoms with Crippen molar-refractivity contribution in [3.05, 3.63) is 51.4 Å². The summed E-state index contributed by atoms with van der Waals surface area (Å²) in [5, 5.41) is 12.9. The van der Waals surface area contributed by atoms with Crippen molar-refractivity contribution < 1.29 is 14.5 Å². The van der Waals surface area contributed by atoms with Gasteiger partial charge in [-0.2, -0.15) is 0 Å². The monoisotopic (exact) mass is 281 g/mol. The van der Waals surface area contributed by atoms with E-state index in [1.807, 2.05) is 0 Å². The predicted octanol–water partition coefficient (Wildman–Crippen LogP) is 3.16. The number of thiophene rings is 1. The Morgan fingerprint density at radius 2 is 2.17 bits per heavy atom. The summed E-state index contributed by atoms with van der Waals surface area (Å²) >= 11 is 5.28. The number of esters is 1. The number of carbonyl (C=O) groups is 1. The Labute approximate surface area is 112 Å². The summed E-state index contributed by atoms with van der Waals surface area (Å²) in [5.41, 5.74) is -0.407. The van der Waals surface area contributed by atoms with Crippen molar-refractivity contribution in [2.24, 2.45) is 0 Å². The second kappa shape index (κ2) is 5.19. The molecule has 0 aliphatic heterocycles. The summed E-state index contributed by atoms with van der Waals surface area (Å²) in [6.45, 7) is 0. The molecule has 0 fully saturated rings. The quantitative estimate of drug-likeness (QED) is 0.406. The average Bonchev–Trinajstić information content (AvgIpc) is 2.81. The van der Waals surface area contributed by atoms with Crippen LogP contribution in [0.3, 0.4) is 0 Å². The first kappa shape index (κ1) is 12.6. The fourth-order valence-corrected chi connectivity index (χ4v) is 2.09. The first-order valence-corrected chi connectivity index (χ1v) is 6.13. The second-order valence-corrected chi connectivity index (χ2v) is 4.71. The van der Waals surface area contributed by atoms with E-state index in [4.69, 9.17) is 4.74 Å². The number of nitro benzene ring substituents is 1. The molecule has 0 radical (unpaired) electrons. The van der Waals surface area contributed by atoms with Gasteiger partial charge in [0, 0.05) is 11.0 Å². The molecule has 0 N–H and O–H groups in total. The lowest BCUT2D eigenvalue weighted by atomic mass is 10.2. The summed E-state index contributed by atoms with van der Waals surface area (Å²) < 4.78 is 5.03. The number of hydrogen-bond donors (Lipinski definition) is 1.